The Bertz CT molecular complexity index is 998. The molecule has 2 rings (SSSR count). The van der Waals surface area contributed by atoms with E-state index >= 15 is 0 Å². The average Bonchev–Trinajstić information content (AvgIpc) is 2.88. The van der Waals surface area contributed by atoms with Crippen molar-refractivity contribution in [2.24, 2.45) is 5.92 Å². The van der Waals surface area contributed by atoms with E-state index < -0.39 is 5.41 Å². The van der Waals surface area contributed by atoms with Gasteiger partial charge in [0.25, 0.3) is 0 Å². The fourth-order valence-corrected chi connectivity index (χ4v) is 4.25. The first-order valence-electron chi connectivity index (χ1n) is 12.3. The molecular weight excluding hydrogens is 440 g/mol. The Hall–Kier alpha value is -3.04. The summed E-state index contributed by atoms with van der Waals surface area (Å²) in [4.78, 5) is 13.8. The molecule has 1 unspecified atom stereocenters. The van der Waals surface area contributed by atoms with Gasteiger partial charge in [-0.25, -0.2) is 0 Å². The number of nitriles is 1. The molecule has 1 atom stereocenters. The first kappa shape index (κ1) is 28.2. The van der Waals surface area contributed by atoms with Gasteiger partial charge in [-0.15, -0.1) is 0 Å². The van der Waals surface area contributed by atoms with Gasteiger partial charge in [0, 0.05) is 13.0 Å². The Morgan fingerprint density at radius 1 is 1.09 bits per heavy atom. The minimum absolute atomic E-state index is 0.0954. The van der Waals surface area contributed by atoms with Gasteiger partial charge >= 0.3 is 0 Å². The van der Waals surface area contributed by atoms with Crippen LogP contribution in [0.4, 0.5) is 0 Å². The summed E-state index contributed by atoms with van der Waals surface area (Å²) in [7, 11) is 5.34. The number of carbonyl (C=O) groups excluding carboxylic acids is 1. The van der Waals surface area contributed by atoms with Crippen molar-refractivity contribution in [1.82, 2.24) is 4.90 Å². The average molecular weight is 481 g/mol. The summed E-state index contributed by atoms with van der Waals surface area (Å²) in [6.45, 7) is 7.96. The first-order valence-corrected chi connectivity index (χ1v) is 12.3. The molecule has 0 spiro atoms. The Morgan fingerprint density at radius 3 is 2.46 bits per heavy atom. The number of hydrogen-bond acceptors (Lipinski definition) is 6. The maximum absolute atomic E-state index is 11.5. The molecule has 0 saturated carbocycles. The number of benzene rings is 2. The van der Waals surface area contributed by atoms with E-state index in [0.717, 1.165) is 43.7 Å². The van der Waals surface area contributed by atoms with Gasteiger partial charge < -0.3 is 19.1 Å². The van der Waals surface area contributed by atoms with Crippen LogP contribution in [0.15, 0.2) is 42.5 Å². The highest BCUT2D eigenvalue weighted by atomic mass is 16.5. The second-order valence-corrected chi connectivity index (χ2v) is 9.29. The first-order chi connectivity index (χ1) is 16.8. The van der Waals surface area contributed by atoms with Gasteiger partial charge in [0.15, 0.2) is 17.3 Å². The van der Waals surface area contributed by atoms with Crippen molar-refractivity contribution in [1.29, 1.82) is 5.26 Å². The summed E-state index contributed by atoms with van der Waals surface area (Å²) in [5.41, 5.74) is 1.55. The lowest BCUT2D eigenvalue weighted by Crippen LogP contribution is -2.32. The Balaban J connectivity index is 1.96. The van der Waals surface area contributed by atoms with E-state index in [1.807, 2.05) is 43.3 Å². The van der Waals surface area contributed by atoms with Gasteiger partial charge in [-0.1, -0.05) is 39.0 Å². The van der Waals surface area contributed by atoms with E-state index in [9.17, 15) is 10.1 Å². The largest absolute Gasteiger partial charge is 0.493 e. The molecule has 2 aromatic rings. The number of ketones is 1. The summed E-state index contributed by atoms with van der Waals surface area (Å²) >= 11 is 0. The van der Waals surface area contributed by atoms with Crippen molar-refractivity contribution >= 4 is 5.78 Å². The third-order valence-electron chi connectivity index (χ3n) is 6.67. The van der Waals surface area contributed by atoms with Crippen molar-refractivity contribution in [2.45, 2.75) is 51.9 Å². The molecule has 0 radical (unpaired) electrons. The van der Waals surface area contributed by atoms with Crippen LogP contribution in [-0.2, 0) is 16.6 Å². The molecule has 6 heteroatoms. The second kappa shape index (κ2) is 13.7. The topological polar surface area (TPSA) is 71.8 Å². The number of rotatable bonds is 15. The Labute approximate surface area is 210 Å². The molecule has 2 aromatic carbocycles. The van der Waals surface area contributed by atoms with Crippen LogP contribution in [0.25, 0.3) is 0 Å². The summed E-state index contributed by atoms with van der Waals surface area (Å²) in [6.07, 6.45) is 3.04. The fraction of sp³-hybridized carbons (Fsp3) is 0.517. The zero-order valence-corrected chi connectivity index (χ0v) is 22.1. The molecule has 190 valence electrons. The predicted octanol–water partition coefficient (Wildman–Crippen LogP) is 5.43. The van der Waals surface area contributed by atoms with Crippen molar-refractivity contribution in [3.8, 4) is 23.3 Å². The molecular formula is C29H40N2O4. The highest BCUT2D eigenvalue weighted by molar-refractivity contribution is 5.79. The number of nitrogens with zero attached hydrogens (tertiary/aromatic N) is 2. The van der Waals surface area contributed by atoms with Crippen molar-refractivity contribution in [3.05, 3.63) is 53.6 Å². The van der Waals surface area contributed by atoms with E-state index in [1.165, 1.54) is 5.56 Å². The van der Waals surface area contributed by atoms with Crippen molar-refractivity contribution < 1.29 is 19.0 Å². The summed E-state index contributed by atoms with van der Waals surface area (Å²) in [6, 6.07) is 16.4. The minimum Gasteiger partial charge on any atom is -0.493 e. The smallest absolute Gasteiger partial charge is 0.169 e. The lowest BCUT2D eigenvalue weighted by Gasteiger charge is -2.32. The molecule has 0 aliphatic carbocycles. The van der Waals surface area contributed by atoms with Crippen LogP contribution in [0.5, 0.6) is 17.2 Å². The molecule has 6 nitrogen and oxygen atoms in total. The van der Waals surface area contributed by atoms with Gasteiger partial charge in [-0.2, -0.15) is 5.26 Å². The summed E-state index contributed by atoms with van der Waals surface area (Å²) in [5.74, 6) is 2.29. The molecule has 0 N–H and O–H groups in total. The highest BCUT2D eigenvalue weighted by Gasteiger charge is 2.36. The normalized spacial score (nSPS) is 12.8. The number of hydrogen-bond donors (Lipinski definition) is 0. The van der Waals surface area contributed by atoms with Crippen LogP contribution in [0.3, 0.4) is 0 Å². The van der Waals surface area contributed by atoms with Gasteiger partial charge in [-0.3, -0.25) is 4.79 Å². The molecule has 0 aromatic heterocycles. The number of Topliss-reactive ketones (excluding diaryl/α,β-unsaturated/α-hetero) is 1. The number of likely N-dealkylation sites (N-methyl/N-ethyl adjacent to an activating group) is 1. The summed E-state index contributed by atoms with van der Waals surface area (Å²) < 4.78 is 16.5. The van der Waals surface area contributed by atoms with E-state index in [1.54, 1.807) is 14.2 Å². The quantitative estimate of drug-likeness (QED) is 0.338. The zero-order chi connectivity index (χ0) is 25.8. The monoisotopic (exact) mass is 480 g/mol. The van der Waals surface area contributed by atoms with Crippen LogP contribution in [0, 0.1) is 17.2 Å². The molecule has 35 heavy (non-hydrogen) atoms. The van der Waals surface area contributed by atoms with Crippen LogP contribution in [0.2, 0.25) is 0 Å². The second-order valence-electron chi connectivity index (χ2n) is 9.29. The maximum atomic E-state index is 11.5. The van der Waals surface area contributed by atoms with Crippen LogP contribution < -0.4 is 14.2 Å². The van der Waals surface area contributed by atoms with E-state index in [-0.39, 0.29) is 18.3 Å². The van der Waals surface area contributed by atoms with Crippen molar-refractivity contribution in [2.75, 3.05) is 41.0 Å². The molecule has 0 aliphatic rings. The molecule has 0 aliphatic heterocycles. The standard InChI is InChI=1S/C29H40N2O4/c1-7-25(32)20-35-26-11-8-10-23(18-26)14-17-31(4)16-9-15-29(21-30,22(2)3)24-12-13-27(33-5)28(19-24)34-6/h8,10-13,18-19,22H,7,9,14-17,20H2,1-6H3. The minimum atomic E-state index is -0.595. The van der Waals surface area contributed by atoms with Gasteiger partial charge in [0.2, 0.25) is 0 Å². The molecule has 0 saturated heterocycles. The number of methoxy groups -OCH3 is 2. The number of carbonyl (C=O) groups is 1. The van der Waals surface area contributed by atoms with Crippen LogP contribution in [0.1, 0.15) is 51.2 Å². The zero-order valence-electron chi connectivity index (χ0n) is 22.1. The van der Waals surface area contributed by atoms with Gasteiger partial charge in [-0.05, 0) is 74.2 Å². The highest BCUT2D eigenvalue weighted by Crippen LogP contribution is 2.40. The lowest BCUT2D eigenvalue weighted by molar-refractivity contribution is -0.120. The third kappa shape index (κ3) is 7.73. The summed E-state index contributed by atoms with van der Waals surface area (Å²) in [5, 5.41) is 10.3. The fourth-order valence-electron chi connectivity index (χ4n) is 4.25. The van der Waals surface area contributed by atoms with E-state index in [2.05, 4.69) is 37.9 Å². The van der Waals surface area contributed by atoms with Crippen molar-refractivity contribution in [3.63, 3.8) is 0 Å². The molecule has 0 bridgehead atoms. The number of ether oxygens (including phenoxy) is 3. The van der Waals surface area contributed by atoms with Gasteiger partial charge in [0.1, 0.15) is 12.4 Å². The lowest BCUT2D eigenvalue weighted by atomic mass is 9.69. The van der Waals surface area contributed by atoms with Crippen LogP contribution in [-0.4, -0.2) is 51.6 Å². The third-order valence-corrected chi connectivity index (χ3v) is 6.67. The Morgan fingerprint density at radius 2 is 1.83 bits per heavy atom. The van der Waals surface area contributed by atoms with E-state index in [4.69, 9.17) is 14.2 Å². The predicted molar refractivity (Wildman–Crippen MR) is 139 cm³/mol. The molecule has 0 amide bonds. The maximum Gasteiger partial charge on any atom is 0.169 e. The van der Waals surface area contributed by atoms with E-state index in [0.29, 0.717) is 17.9 Å². The SMILES string of the molecule is CCC(=O)COc1cccc(CCN(C)CCCC(C#N)(c2ccc(OC)c(OC)c2)C(C)C)c1. The van der Waals surface area contributed by atoms with Crippen LogP contribution >= 0.6 is 0 Å². The molecule has 0 heterocycles. The van der Waals surface area contributed by atoms with Gasteiger partial charge in [0.05, 0.1) is 25.7 Å². The Kier molecular flexibility index (Phi) is 11.1. The molecule has 0 fully saturated rings.